The first-order valence-electron chi connectivity index (χ1n) is 7.76. The lowest BCUT2D eigenvalue weighted by Gasteiger charge is -2.10. The maximum absolute atomic E-state index is 12.5. The zero-order valence-corrected chi connectivity index (χ0v) is 13.5. The smallest absolute Gasteiger partial charge is 0.291 e. The van der Waals surface area contributed by atoms with Gasteiger partial charge in [-0.05, 0) is 42.5 Å². The van der Waals surface area contributed by atoms with Gasteiger partial charge in [0, 0.05) is 10.9 Å². The van der Waals surface area contributed by atoms with Crippen LogP contribution in [0.2, 0.25) is 0 Å². The summed E-state index contributed by atoms with van der Waals surface area (Å²) in [7, 11) is 1.55. The fourth-order valence-electron chi connectivity index (χ4n) is 2.67. The van der Waals surface area contributed by atoms with Crippen molar-refractivity contribution in [3.05, 3.63) is 72.7 Å². The van der Waals surface area contributed by atoms with Crippen molar-refractivity contribution in [2.45, 2.75) is 0 Å². The van der Waals surface area contributed by atoms with Gasteiger partial charge in [0.2, 0.25) is 0 Å². The lowest BCUT2D eigenvalue weighted by Crippen LogP contribution is -2.11. The Kier molecular flexibility index (Phi) is 3.74. The van der Waals surface area contributed by atoms with Gasteiger partial charge in [-0.3, -0.25) is 4.79 Å². The first-order chi connectivity index (χ1) is 12.2. The molecule has 25 heavy (non-hydrogen) atoms. The SMILES string of the molecule is COc1cc(-c2ccco2)ccc1NC(=O)c1cc2ccccc2o1. The van der Waals surface area contributed by atoms with Crippen LogP contribution in [0, 0.1) is 0 Å². The van der Waals surface area contributed by atoms with Crippen molar-refractivity contribution in [3.8, 4) is 17.1 Å². The predicted octanol–water partition coefficient (Wildman–Crippen LogP) is 4.95. The molecule has 0 atom stereocenters. The zero-order valence-electron chi connectivity index (χ0n) is 13.5. The minimum Gasteiger partial charge on any atom is -0.495 e. The molecule has 0 fully saturated rings. The Morgan fingerprint density at radius 3 is 2.68 bits per heavy atom. The molecule has 1 amide bonds. The average molecular weight is 333 g/mol. The molecule has 4 aromatic rings. The second kappa shape index (κ2) is 6.20. The highest BCUT2D eigenvalue weighted by Gasteiger charge is 2.15. The van der Waals surface area contributed by atoms with Gasteiger partial charge in [-0.15, -0.1) is 0 Å². The van der Waals surface area contributed by atoms with Crippen molar-refractivity contribution in [1.29, 1.82) is 0 Å². The van der Waals surface area contributed by atoms with Crippen LogP contribution in [0.3, 0.4) is 0 Å². The lowest BCUT2D eigenvalue weighted by atomic mass is 10.1. The first kappa shape index (κ1) is 15.1. The number of carbonyl (C=O) groups excluding carboxylic acids is 1. The number of methoxy groups -OCH3 is 1. The van der Waals surface area contributed by atoms with Crippen molar-refractivity contribution in [2.24, 2.45) is 0 Å². The van der Waals surface area contributed by atoms with E-state index in [4.69, 9.17) is 13.6 Å². The number of hydrogen-bond acceptors (Lipinski definition) is 4. The van der Waals surface area contributed by atoms with Gasteiger partial charge in [-0.1, -0.05) is 18.2 Å². The monoisotopic (exact) mass is 333 g/mol. The topological polar surface area (TPSA) is 64.6 Å². The zero-order chi connectivity index (χ0) is 17.2. The van der Waals surface area contributed by atoms with Crippen LogP contribution in [0.25, 0.3) is 22.3 Å². The van der Waals surface area contributed by atoms with Crippen LogP contribution in [-0.4, -0.2) is 13.0 Å². The summed E-state index contributed by atoms with van der Waals surface area (Å²) in [6.07, 6.45) is 1.61. The fraction of sp³-hybridized carbons (Fsp3) is 0.0500. The quantitative estimate of drug-likeness (QED) is 0.573. The number of ether oxygens (including phenoxy) is 1. The molecule has 5 nitrogen and oxygen atoms in total. The number of rotatable bonds is 4. The largest absolute Gasteiger partial charge is 0.495 e. The van der Waals surface area contributed by atoms with Gasteiger partial charge >= 0.3 is 0 Å². The number of fused-ring (bicyclic) bond motifs is 1. The molecule has 0 aliphatic carbocycles. The standard InChI is InChI=1S/C20H15NO4/c1-23-18-11-14(16-7-4-10-24-16)8-9-15(18)21-20(22)19-12-13-5-2-3-6-17(13)25-19/h2-12H,1H3,(H,21,22). The van der Waals surface area contributed by atoms with Crippen LogP contribution in [-0.2, 0) is 0 Å². The molecule has 0 saturated heterocycles. The molecule has 1 N–H and O–H groups in total. The Bertz CT molecular complexity index is 998. The number of para-hydroxylation sites is 1. The molecular weight excluding hydrogens is 318 g/mol. The molecule has 0 spiro atoms. The maximum atomic E-state index is 12.5. The first-order valence-corrected chi connectivity index (χ1v) is 7.76. The van der Waals surface area contributed by atoms with Gasteiger partial charge < -0.3 is 18.9 Å². The van der Waals surface area contributed by atoms with Crippen LogP contribution < -0.4 is 10.1 Å². The normalized spacial score (nSPS) is 10.8. The van der Waals surface area contributed by atoms with Crippen LogP contribution in [0.5, 0.6) is 5.75 Å². The van der Waals surface area contributed by atoms with E-state index in [1.807, 2.05) is 48.5 Å². The molecular formula is C20H15NO4. The minimum absolute atomic E-state index is 0.248. The predicted molar refractivity (Wildman–Crippen MR) is 94.9 cm³/mol. The Labute approximate surface area is 143 Å². The third-order valence-electron chi connectivity index (χ3n) is 3.90. The van der Waals surface area contributed by atoms with Crippen LogP contribution in [0.1, 0.15) is 10.6 Å². The summed E-state index contributed by atoms with van der Waals surface area (Å²) in [5.41, 5.74) is 2.10. The number of carbonyl (C=O) groups is 1. The highest BCUT2D eigenvalue weighted by atomic mass is 16.5. The van der Waals surface area contributed by atoms with Crippen molar-refractivity contribution in [2.75, 3.05) is 12.4 Å². The van der Waals surface area contributed by atoms with E-state index >= 15 is 0 Å². The van der Waals surface area contributed by atoms with Gasteiger partial charge in [0.1, 0.15) is 17.1 Å². The number of benzene rings is 2. The van der Waals surface area contributed by atoms with E-state index < -0.39 is 0 Å². The third kappa shape index (κ3) is 2.87. The molecule has 0 aliphatic heterocycles. The average Bonchev–Trinajstić information content (AvgIpc) is 3.31. The molecule has 2 aromatic heterocycles. The summed E-state index contributed by atoms with van der Waals surface area (Å²) in [6, 6.07) is 18.3. The van der Waals surface area contributed by atoms with Gasteiger partial charge in [0.05, 0.1) is 19.1 Å². The second-order valence-corrected chi connectivity index (χ2v) is 5.49. The summed E-state index contributed by atoms with van der Waals surface area (Å²) in [5, 5.41) is 3.71. The number of anilines is 1. The van der Waals surface area contributed by atoms with Crippen molar-refractivity contribution in [1.82, 2.24) is 0 Å². The molecule has 0 radical (unpaired) electrons. The maximum Gasteiger partial charge on any atom is 0.291 e. The second-order valence-electron chi connectivity index (χ2n) is 5.49. The van der Waals surface area contributed by atoms with Gasteiger partial charge in [-0.25, -0.2) is 0 Å². The van der Waals surface area contributed by atoms with Crippen molar-refractivity contribution in [3.63, 3.8) is 0 Å². The van der Waals surface area contributed by atoms with E-state index in [1.54, 1.807) is 25.5 Å². The lowest BCUT2D eigenvalue weighted by molar-refractivity contribution is 0.0998. The van der Waals surface area contributed by atoms with Crippen LogP contribution in [0.4, 0.5) is 5.69 Å². The summed E-state index contributed by atoms with van der Waals surface area (Å²) in [4.78, 5) is 12.5. The Balaban J connectivity index is 1.62. The third-order valence-corrected chi connectivity index (χ3v) is 3.90. The summed E-state index contributed by atoms with van der Waals surface area (Å²) >= 11 is 0. The van der Waals surface area contributed by atoms with Gasteiger partial charge in [-0.2, -0.15) is 0 Å². The summed E-state index contributed by atoms with van der Waals surface area (Å²) in [5.74, 6) is 1.19. The highest BCUT2D eigenvalue weighted by molar-refractivity contribution is 6.05. The summed E-state index contributed by atoms with van der Waals surface area (Å²) < 4.78 is 16.4. The van der Waals surface area contributed by atoms with Crippen molar-refractivity contribution < 1.29 is 18.4 Å². The molecule has 0 bridgehead atoms. The van der Waals surface area contributed by atoms with E-state index in [1.165, 1.54) is 0 Å². The Morgan fingerprint density at radius 2 is 1.92 bits per heavy atom. The van der Waals surface area contributed by atoms with Gasteiger partial charge in [0.25, 0.3) is 5.91 Å². The number of hydrogen-bond donors (Lipinski definition) is 1. The Hall–Kier alpha value is -3.47. The molecule has 2 heterocycles. The highest BCUT2D eigenvalue weighted by Crippen LogP contribution is 2.31. The van der Waals surface area contributed by atoms with Gasteiger partial charge in [0.15, 0.2) is 5.76 Å². The molecule has 0 aliphatic rings. The fourth-order valence-corrected chi connectivity index (χ4v) is 2.67. The van der Waals surface area contributed by atoms with Crippen molar-refractivity contribution >= 4 is 22.6 Å². The summed E-state index contributed by atoms with van der Waals surface area (Å²) in [6.45, 7) is 0. The van der Waals surface area contributed by atoms with Crippen LogP contribution in [0.15, 0.2) is 75.8 Å². The van der Waals surface area contributed by atoms with E-state index in [0.29, 0.717) is 17.0 Å². The number of nitrogens with one attached hydrogen (secondary N) is 1. The van der Waals surface area contributed by atoms with Crippen LogP contribution >= 0.6 is 0 Å². The molecule has 0 saturated carbocycles. The molecule has 124 valence electrons. The number of furan rings is 2. The Morgan fingerprint density at radius 1 is 1.04 bits per heavy atom. The van der Waals surface area contributed by atoms with E-state index in [2.05, 4.69) is 5.32 Å². The van der Waals surface area contributed by atoms with E-state index in [0.717, 1.165) is 16.7 Å². The van der Waals surface area contributed by atoms with E-state index in [-0.39, 0.29) is 11.7 Å². The minimum atomic E-state index is -0.333. The molecule has 4 rings (SSSR count). The molecule has 5 heteroatoms. The molecule has 2 aromatic carbocycles. The van der Waals surface area contributed by atoms with E-state index in [9.17, 15) is 4.79 Å². The molecule has 0 unspecified atom stereocenters. The number of amides is 1.